The van der Waals surface area contributed by atoms with Crippen molar-refractivity contribution in [3.05, 3.63) is 35.1 Å². The predicted octanol–water partition coefficient (Wildman–Crippen LogP) is 1.44. The van der Waals surface area contributed by atoms with E-state index in [1.807, 2.05) is 4.90 Å². The average molecular weight is 439 g/mol. The maximum absolute atomic E-state index is 12.6. The smallest absolute Gasteiger partial charge is 0.240 e. The lowest BCUT2D eigenvalue weighted by Gasteiger charge is -2.28. The summed E-state index contributed by atoms with van der Waals surface area (Å²) in [5.74, 6) is 1.55. The highest BCUT2D eigenvalue weighted by Gasteiger charge is 2.22. The zero-order valence-corrected chi connectivity index (χ0v) is 17.5. The van der Waals surface area contributed by atoms with Gasteiger partial charge in [-0.25, -0.2) is 13.1 Å². The third-order valence-corrected chi connectivity index (χ3v) is 6.55. The van der Waals surface area contributed by atoms with Gasteiger partial charge >= 0.3 is 0 Å². The molecule has 0 amide bonds. The van der Waals surface area contributed by atoms with Crippen molar-refractivity contribution in [1.82, 2.24) is 19.7 Å². The van der Waals surface area contributed by atoms with Crippen molar-refractivity contribution < 1.29 is 13.2 Å². The monoisotopic (exact) mass is 438 g/mol. The second kappa shape index (κ2) is 8.78. The van der Waals surface area contributed by atoms with Gasteiger partial charge in [-0.15, -0.1) is 0 Å². The molecular weight excluding hydrogens is 416 g/mol. The number of ether oxygens (including phenoxy) is 1. The van der Waals surface area contributed by atoms with E-state index in [0.29, 0.717) is 49.0 Å². The topological polar surface area (TPSA) is 101 Å². The first kappa shape index (κ1) is 20.3. The molecule has 2 saturated heterocycles. The molecule has 0 saturated carbocycles. The van der Waals surface area contributed by atoms with Crippen molar-refractivity contribution in [3.63, 3.8) is 0 Å². The first-order valence-corrected chi connectivity index (χ1v) is 11.5. The molecule has 2 aromatic rings. The molecule has 9 nitrogen and oxygen atoms in total. The minimum absolute atomic E-state index is 0.0222. The number of hydrogen-bond donors (Lipinski definition) is 1. The van der Waals surface area contributed by atoms with Crippen molar-refractivity contribution in [3.8, 4) is 0 Å². The van der Waals surface area contributed by atoms with Crippen LogP contribution in [-0.4, -0.2) is 62.8 Å². The summed E-state index contributed by atoms with van der Waals surface area (Å²) in [6, 6.07) is 6.02. The van der Waals surface area contributed by atoms with Gasteiger partial charge in [0.1, 0.15) is 0 Å². The van der Waals surface area contributed by atoms with Crippen molar-refractivity contribution in [2.45, 2.75) is 24.3 Å². The Morgan fingerprint density at radius 1 is 0.931 bits per heavy atom. The summed E-state index contributed by atoms with van der Waals surface area (Å²) in [6.45, 7) is 4.38. The number of nitrogens with one attached hydrogen (secondary N) is 1. The van der Waals surface area contributed by atoms with E-state index < -0.39 is 10.0 Å². The Balaban J connectivity index is 1.56. The zero-order valence-electron chi connectivity index (χ0n) is 15.9. The minimum Gasteiger partial charge on any atom is -0.378 e. The second-order valence-corrected chi connectivity index (χ2v) is 9.13. The van der Waals surface area contributed by atoms with Crippen molar-refractivity contribution in [1.29, 1.82) is 0 Å². The summed E-state index contributed by atoms with van der Waals surface area (Å²) < 4.78 is 33.1. The van der Waals surface area contributed by atoms with E-state index in [-0.39, 0.29) is 11.4 Å². The lowest BCUT2D eigenvalue weighted by atomic mass is 10.4. The number of halogens is 1. The van der Waals surface area contributed by atoms with Crippen LogP contribution in [0.2, 0.25) is 5.02 Å². The van der Waals surface area contributed by atoms with E-state index >= 15 is 0 Å². The van der Waals surface area contributed by atoms with Gasteiger partial charge in [0, 0.05) is 31.2 Å². The predicted molar refractivity (Wildman–Crippen MR) is 110 cm³/mol. The number of rotatable bonds is 6. The number of hydrogen-bond acceptors (Lipinski definition) is 8. The molecule has 0 bridgehead atoms. The Hall–Kier alpha value is -2.01. The van der Waals surface area contributed by atoms with Gasteiger partial charge in [-0.3, -0.25) is 0 Å². The summed E-state index contributed by atoms with van der Waals surface area (Å²) in [7, 11) is -3.70. The molecule has 11 heteroatoms. The Kier molecular flexibility index (Phi) is 6.14. The summed E-state index contributed by atoms with van der Waals surface area (Å²) >= 11 is 5.85. The fourth-order valence-corrected chi connectivity index (χ4v) is 4.40. The molecule has 0 unspecified atom stereocenters. The molecule has 1 aromatic heterocycles. The maximum atomic E-state index is 12.6. The quantitative estimate of drug-likeness (QED) is 0.723. The van der Waals surface area contributed by atoms with Crippen molar-refractivity contribution in [2.75, 3.05) is 49.2 Å². The van der Waals surface area contributed by atoms with Gasteiger partial charge < -0.3 is 14.5 Å². The first-order chi connectivity index (χ1) is 14.0. The van der Waals surface area contributed by atoms with E-state index in [4.69, 9.17) is 16.3 Å². The number of aromatic nitrogens is 3. The van der Waals surface area contributed by atoms with Crippen molar-refractivity contribution in [2.24, 2.45) is 0 Å². The van der Waals surface area contributed by atoms with Crippen LogP contribution in [0.25, 0.3) is 0 Å². The fraction of sp³-hybridized carbons (Fsp3) is 0.500. The van der Waals surface area contributed by atoms with Crippen LogP contribution < -0.4 is 14.5 Å². The number of morpholine rings is 1. The van der Waals surface area contributed by atoms with E-state index in [2.05, 4.69) is 24.6 Å². The van der Waals surface area contributed by atoms with Gasteiger partial charge in [0.15, 0.2) is 5.82 Å². The van der Waals surface area contributed by atoms with Crippen LogP contribution in [0, 0.1) is 0 Å². The SMILES string of the molecule is O=S(=O)(NCc1nc(N2CCCC2)nc(N2CCOCC2)n1)c1ccc(Cl)cc1. The van der Waals surface area contributed by atoms with Gasteiger partial charge in [-0.1, -0.05) is 11.6 Å². The van der Waals surface area contributed by atoms with Crippen LogP contribution in [0.4, 0.5) is 11.9 Å². The molecular formula is C18H23ClN6O3S. The molecule has 2 aliphatic heterocycles. The highest BCUT2D eigenvalue weighted by atomic mass is 35.5. The molecule has 2 aliphatic rings. The third-order valence-electron chi connectivity index (χ3n) is 4.89. The van der Waals surface area contributed by atoms with E-state index in [0.717, 1.165) is 25.9 Å². The summed E-state index contributed by atoms with van der Waals surface area (Å²) in [4.78, 5) is 18.0. The molecule has 156 valence electrons. The third kappa shape index (κ3) is 4.95. The van der Waals surface area contributed by atoms with Gasteiger partial charge in [0.25, 0.3) is 0 Å². The normalized spacial score (nSPS) is 17.7. The average Bonchev–Trinajstić information content (AvgIpc) is 3.28. The number of anilines is 2. The fourth-order valence-electron chi connectivity index (χ4n) is 3.29. The van der Waals surface area contributed by atoms with Gasteiger partial charge in [-0.2, -0.15) is 15.0 Å². The van der Waals surface area contributed by atoms with E-state index in [1.54, 1.807) is 12.1 Å². The highest BCUT2D eigenvalue weighted by molar-refractivity contribution is 7.89. The Labute approximate surface area is 175 Å². The Morgan fingerprint density at radius 3 is 2.14 bits per heavy atom. The van der Waals surface area contributed by atoms with Gasteiger partial charge in [0.05, 0.1) is 24.7 Å². The molecule has 0 radical (unpaired) electrons. The maximum Gasteiger partial charge on any atom is 0.240 e. The largest absolute Gasteiger partial charge is 0.378 e. The van der Waals surface area contributed by atoms with Crippen molar-refractivity contribution >= 4 is 33.5 Å². The standard InChI is InChI=1S/C18H23ClN6O3S/c19-14-3-5-15(6-4-14)29(26,27)20-13-16-21-17(24-7-1-2-8-24)23-18(22-16)25-9-11-28-12-10-25/h3-6,20H,1-2,7-13H2. The number of sulfonamides is 1. The summed E-state index contributed by atoms with van der Waals surface area (Å²) in [5.41, 5.74) is 0. The van der Waals surface area contributed by atoms with Crippen LogP contribution in [0.1, 0.15) is 18.7 Å². The van der Waals surface area contributed by atoms with E-state index in [1.165, 1.54) is 12.1 Å². The lowest BCUT2D eigenvalue weighted by Crippen LogP contribution is -2.38. The molecule has 2 fully saturated rings. The lowest BCUT2D eigenvalue weighted by molar-refractivity contribution is 0.122. The Bertz CT molecular complexity index is 945. The van der Waals surface area contributed by atoms with Gasteiger partial charge in [-0.05, 0) is 37.1 Å². The second-order valence-electron chi connectivity index (χ2n) is 6.92. The van der Waals surface area contributed by atoms with Crippen LogP contribution in [0.5, 0.6) is 0 Å². The summed E-state index contributed by atoms with van der Waals surface area (Å²) in [6.07, 6.45) is 2.19. The molecule has 1 N–H and O–H groups in total. The number of benzene rings is 1. The van der Waals surface area contributed by atoms with Crippen LogP contribution in [0.3, 0.4) is 0 Å². The number of nitrogens with zero attached hydrogens (tertiary/aromatic N) is 5. The molecule has 29 heavy (non-hydrogen) atoms. The molecule has 4 rings (SSSR count). The molecule has 0 spiro atoms. The molecule has 3 heterocycles. The molecule has 1 aromatic carbocycles. The van der Waals surface area contributed by atoms with E-state index in [9.17, 15) is 8.42 Å². The van der Waals surface area contributed by atoms with Crippen LogP contribution in [0.15, 0.2) is 29.2 Å². The minimum atomic E-state index is -3.70. The van der Waals surface area contributed by atoms with Crippen LogP contribution >= 0.6 is 11.6 Å². The van der Waals surface area contributed by atoms with Crippen LogP contribution in [-0.2, 0) is 21.3 Å². The Morgan fingerprint density at radius 2 is 1.52 bits per heavy atom. The zero-order chi connectivity index (χ0) is 20.3. The van der Waals surface area contributed by atoms with Gasteiger partial charge in [0.2, 0.25) is 21.9 Å². The summed E-state index contributed by atoms with van der Waals surface area (Å²) in [5, 5.41) is 0.479. The highest BCUT2D eigenvalue weighted by Crippen LogP contribution is 2.20. The molecule has 0 atom stereocenters. The first-order valence-electron chi connectivity index (χ1n) is 9.59. The molecule has 0 aliphatic carbocycles.